The predicted octanol–water partition coefficient (Wildman–Crippen LogP) is 3.17. The molecule has 4 heteroatoms. The van der Waals surface area contributed by atoms with Gasteiger partial charge >= 0.3 is 0 Å². The lowest BCUT2D eigenvalue weighted by atomic mass is 9.88. The fraction of sp³-hybridized carbons (Fsp3) is 0.533. The number of anilines is 1. The van der Waals surface area contributed by atoms with E-state index in [1.165, 1.54) is 12.1 Å². The van der Waals surface area contributed by atoms with Crippen LogP contribution in [-0.2, 0) is 4.79 Å². The second-order valence-corrected chi connectivity index (χ2v) is 5.18. The number of nitrogens with one attached hydrogen (secondary N) is 1. The number of amides is 1. The van der Waals surface area contributed by atoms with Gasteiger partial charge in [0.2, 0.25) is 5.91 Å². The molecule has 0 fully saturated rings. The number of hydrogen-bond donors (Lipinski definition) is 2. The first-order valence-corrected chi connectivity index (χ1v) is 6.78. The van der Waals surface area contributed by atoms with Crippen LogP contribution in [0.15, 0.2) is 24.3 Å². The van der Waals surface area contributed by atoms with E-state index >= 15 is 0 Å². The monoisotopic (exact) mass is 266 g/mol. The van der Waals surface area contributed by atoms with Gasteiger partial charge in [0.15, 0.2) is 0 Å². The summed E-state index contributed by atoms with van der Waals surface area (Å²) in [6, 6.07) is 5.79. The van der Waals surface area contributed by atoms with E-state index in [9.17, 15) is 9.18 Å². The molecule has 0 spiro atoms. The molecule has 0 radical (unpaired) electrons. The minimum atomic E-state index is -0.305. The van der Waals surface area contributed by atoms with Crippen molar-refractivity contribution < 1.29 is 9.18 Å². The topological polar surface area (TPSA) is 55.1 Å². The maximum atomic E-state index is 12.7. The maximum absolute atomic E-state index is 12.7. The van der Waals surface area contributed by atoms with Crippen LogP contribution in [0.4, 0.5) is 10.1 Å². The Labute approximate surface area is 114 Å². The van der Waals surface area contributed by atoms with Crippen molar-refractivity contribution in [2.45, 2.75) is 33.1 Å². The molecule has 0 aliphatic heterocycles. The van der Waals surface area contributed by atoms with Crippen molar-refractivity contribution in [3.8, 4) is 0 Å². The molecule has 1 rings (SSSR count). The van der Waals surface area contributed by atoms with Crippen LogP contribution in [0.2, 0.25) is 0 Å². The zero-order valence-corrected chi connectivity index (χ0v) is 11.7. The number of rotatable bonds is 7. The number of halogens is 1. The van der Waals surface area contributed by atoms with Crippen LogP contribution in [0.3, 0.4) is 0 Å². The molecule has 3 N–H and O–H groups in total. The van der Waals surface area contributed by atoms with Gasteiger partial charge in [-0.05, 0) is 55.5 Å². The molecule has 0 saturated heterocycles. The first kappa shape index (κ1) is 15.6. The van der Waals surface area contributed by atoms with Gasteiger partial charge < -0.3 is 11.1 Å². The summed E-state index contributed by atoms with van der Waals surface area (Å²) in [5.41, 5.74) is 6.21. The van der Waals surface area contributed by atoms with Gasteiger partial charge in [-0.15, -0.1) is 0 Å². The molecule has 19 heavy (non-hydrogen) atoms. The smallest absolute Gasteiger partial charge is 0.224 e. The third-order valence-corrected chi connectivity index (χ3v) is 3.35. The third kappa shape index (κ3) is 5.83. The van der Waals surface area contributed by atoms with Gasteiger partial charge in [0, 0.05) is 12.1 Å². The Balaban J connectivity index is 2.40. The molecular formula is C15H23FN2O. The van der Waals surface area contributed by atoms with Crippen LogP contribution in [-0.4, -0.2) is 12.5 Å². The van der Waals surface area contributed by atoms with E-state index in [0.717, 1.165) is 12.8 Å². The second kappa shape index (κ2) is 7.89. The fourth-order valence-electron chi connectivity index (χ4n) is 2.10. The Morgan fingerprint density at radius 3 is 2.42 bits per heavy atom. The molecule has 106 valence electrons. The average Bonchev–Trinajstić information content (AvgIpc) is 2.37. The van der Waals surface area contributed by atoms with Crippen LogP contribution in [0.5, 0.6) is 0 Å². The number of carbonyl (C=O) groups excluding carboxylic acids is 1. The zero-order chi connectivity index (χ0) is 14.3. The van der Waals surface area contributed by atoms with Crippen LogP contribution >= 0.6 is 0 Å². The molecule has 0 aromatic heterocycles. The molecule has 0 aliphatic carbocycles. The molecule has 3 nitrogen and oxygen atoms in total. The number of hydrogen-bond acceptors (Lipinski definition) is 2. The summed E-state index contributed by atoms with van der Waals surface area (Å²) in [6.45, 7) is 4.96. The minimum Gasteiger partial charge on any atom is -0.330 e. The highest BCUT2D eigenvalue weighted by molar-refractivity contribution is 5.90. The Bertz CT molecular complexity index is 390. The molecule has 0 heterocycles. The van der Waals surface area contributed by atoms with Gasteiger partial charge in [0.1, 0.15) is 5.82 Å². The van der Waals surface area contributed by atoms with Crippen molar-refractivity contribution in [2.24, 2.45) is 17.6 Å². The van der Waals surface area contributed by atoms with Crippen molar-refractivity contribution in [1.29, 1.82) is 0 Å². The highest BCUT2D eigenvalue weighted by Gasteiger charge is 2.14. The maximum Gasteiger partial charge on any atom is 0.224 e. The number of nitrogens with two attached hydrogens (primary N) is 1. The summed E-state index contributed by atoms with van der Waals surface area (Å²) in [4.78, 5) is 11.8. The SMILES string of the molecule is CC(C)C(CCN)CCC(=O)Nc1ccc(F)cc1. The largest absolute Gasteiger partial charge is 0.330 e. The molecular weight excluding hydrogens is 243 g/mol. The van der Waals surface area contributed by atoms with Gasteiger partial charge in [0.05, 0.1) is 0 Å². The van der Waals surface area contributed by atoms with Crippen molar-refractivity contribution >= 4 is 11.6 Å². The van der Waals surface area contributed by atoms with Crippen molar-refractivity contribution in [3.63, 3.8) is 0 Å². The van der Waals surface area contributed by atoms with Crippen LogP contribution in [0.1, 0.15) is 33.1 Å². The van der Waals surface area contributed by atoms with E-state index in [-0.39, 0.29) is 11.7 Å². The highest BCUT2D eigenvalue weighted by Crippen LogP contribution is 2.20. The standard InChI is InChI=1S/C15H23FN2O/c1-11(2)12(9-10-17)3-8-15(19)18-14-6-4-13(16)5-7-14/h4-7,11-12H,3,8-10,17H2,1-2H3,(H,18,19). The Kier molecular flexibility index (Phi) is 6.50. The molecule has 0 bridgehead atoms. The summed E-state index contributed by atoms with van der Waals surface area (Å²) in [7, 11) is 0. The summed E-state index contributed by atoms with van der Waals surface area (Å²) < 4.78 is 12.7. The van der Waals surface area contributed by atoms with E-state index < -0.39 is 0 Å². The van der Waals surface area contributed by atoms with Gasteiger partial charge in [0.25, 0.3) is 0 Å². The Morgan fingerprint density at radius 2 is 1.89 bits per heavy atom. The Morgan fingerprint density at radius 1 is 1.26 bits per heavy atom. The summed E-state index contributed by atoms with van der Waals surface area (Å²) in [5.74, 6) is 0.668. The molecule has 0 aliphatic rings. The van der Waals surface area contributed by atoms with Crippen LogP contribution in [0.25, 0.3) is 0 Å². The molecule has 1 unspecified atom stereocenters. The summed E-state index contributed by atoms with van der Waals surface area (Å²) in [5, 5.41) is 2.77. The fourth-order valence-corrected chi connectivity index (χ4v) is 2.10. The summed E-state index contributed by atoms with van der Waals surface area (Å²) >= 11 is 0. The van der Waals surface area contributed by atoms with Crippen molar-refractivity contribution in [3.05, 3.63) is 30.1 Å². The first-order chi connectivity index (χ1) is 9.02. The van der Waals surface area contributed by atoms with E-state index in [1.54, 1.807) is 12.1 Å². The zero-order valence-electron chi connectivity index (χ0n) is 11.7. The molecule has 1 aromatic rings. The Hall–Kier alpha value is -1.42. The molecule has 1 atom stereocenters. The van der Waals surface area contributed by atoms with Gasteiger partial charge in [-0.2, -0.15) is 0 Å². The van der Waals surface area contributed by atoms with E-state index in [2.05, 4.69) is 19.2 Å². The number of benzene rings is 1. The highest BCUT2D eigenvalue weighted by atomic mass is 19.1. The molecule has 0 saturated carbocycles. The van der Waals surface area contributed by atoms with Crippen molar-refractivity contribution in [1.82, 2.24) is 0 Å². The lowest BCUT2D eigenvalue weighted by molar-refractivity contribution is -0.116. The third-order valence-electron chi connectivity index (χ3n) is 3.35. The number of carbonyl (C=O) groups is 1. The van der Waals surface area contributed by atoms with E-state index in [0.29, 0.717) is 30.5 Å². The van der Waals surface area contributed by atoms with Gasteiger partial charge in [-0.25, -0.2) is 4.39 Å². The minimum absolute atomic E-state index is 0.0331. The van der Waals surface area contributed by atoms with Gasteiger partial charge in [-0.3, -0.25) is 4.79 Å². The predicted molar refractivity (Wildman–Crippen MR) is 76.3 cm³/mol. The van der Waals surface area contributed by atoms with Crippen molar-refractivity contribution in [2.75, 3.05) is 11.9 Å². The van der Waals surface area contributed by atoms with E-state index in [4.69, 9.17) is 5.73 Å². The molecule has 1 aromatic carbocycles. The molecule has 1 amide bonds. The van der Waals surface area contributed by atoms with Gasteiger partial charge in [-0.1, -0.05) is 13.8 Å². The summed E-state index contributed by atoms with van der Waals surface area (Å²) in [6.07, 6.45) is 2.25. The normalized spacial score (nSPS) is 12.5. The lowest BCUT2D eigenvalue weighted by Gasteiger charge is -2.19. The van der Waals surface area contributed by atoms with Crippen LogP contribution in [0, 0.1) is 17.7 Å². The second-order valence-electron chi connectivity index (χ2n) is 5.18. The van der Waals surface area contributed by atoms with Crippen LogP contribution < -0.4 is 11.1 Å². The first-order valence-electron chi connectivity index (χ1n) is 6.78. The average molecular weight is 266 g/mol. The lowest BCUT2D eigenvalue weighted by Crippen LogP contribution is -2.18. The van der Waals surface area contributed by atoms with E-state index in [1.807, 2.05) is 0 Å². The quantitative estimate of drug-likeness (QED) is 0.796.